The van der Waals surface area contributed by atoms with E-state index in [-0.39, 0.29) is 11.5 Å². The van der Waals surface area contributed by atoms with Crippen LogP contribution in [0.1, 0.15) is 33.1 Å². The Balaban J connectivity index is 1.96. The predicted octanol–water partition coefficient (Wildman–Crippen LogP) is 1.36. The Hall–Kier alpha value is -0.200. The molecule has 6 heteroatoms. The number of piperidine rings is 1. The van der Waals surface area contributed by atoms with Crippen LogP contribution in [0.25, 0.3) is 0 Å². The third-order valence-corrected chi connectivity index (χ3v) is 6.21. The first-order valence-corrected chi connectivity index (χ1v) is 8.15. The van der Waals surface area contributed by atoms with Gasteiger partial charge in [-0.3, -0.25) is 0 Å². The Morgan fingerprint density at radius 2 is 1.94 bits per heavy atom. The minimum atomic E-state index is -3.72. The molecule has 0 bridgehead atoms. The molecule has 1 saturated heterocycles. The fourth-order valence-electron chi connectivity index (χ4n) is 3.37. The summed E-state index contributed by atoms with van der Waals surface area (Å²) in [6.07, 6.45) is 1.94. The topological polar surface area (TPSA) is 57.6 Å². The molecule has 1 aliphatic heterocycles. The number of hydrogen-bond acceptors (Lipinski definition) is 3. The fraction of sp³-hybridized carbons (Fsp3) is 1.00. The summed E-state index contributed by atoms with van der Waals surface area (Å²) in [6.45, 7) is 4.88. The van der Waals surface area contributed by atoms with E-state index in [2.05, 4.69) is 13.8 Å². The number of aliphatic hydroxyl groups is 1. The van der Waals surface area contributed by atoms with Crippen LogP contribution in [-0.4, -0.2) is 43.0 Å². The predicted molar refractivity (Wildman–Crippen MR) is 67.1 cm³/mol. The number of aliphatic hydroxyl groups excluding tert-OH is 1. The van der Waals surface area contributed by atoms with Crippen molar-refractivity contribution in [2.75, 3.05) is 19.1 Å². The van der Waals surface area contributed by atoms with Gasteiger partial charge in [0.15, 0.2) is 0 Å². The maximum absolute atomic E-state index is 12.4. The highest BCUT2D eigenvalue weighted by atomic mass is 32.2. The zero-order chi connectivity index (χ0) is 13.6. The first kappa shape index (κ1) is 14.2. The Morgan fingerprint density at radius 3 is 2.33 bits per heavy atom. The summed E-state index contributed by atoms with van der Waals surface area (Å²) in [4.78, 5) is 0. The molecule has 0 radical (unpaired) electrons. The van der Waals surface area contributed by atoms with E-state index in [4.69, 9.17) is 0 Å². The van der Waals surface area contributed by atoms with Crippen molar-refractivity contribution in [2.24, 2.45) is 17.3 Å². The summed E-state index contributed by atoms with van der Waals surface area (Å²) in [7, 11) is -3.72. The molecule has 2 aliphatic rings. The van der Waals surface area contributed by atoms with E-state index in [0.29, 0.717) is 37.8 Å². The Labute approximate surface area is 108 Å². The lowest BCUT2D eigenvalue weighted by atomic mass is 9.53. The molecule has 1 spiro atoms. The second-order valence-corrected chi connectivity index (χ2v) is 7.94. The molecule has 1 N–H and O–H groups in total. The van der Waals surface area contributed by atoms with Crippen LogP contribution < -0.4 is 0 Å². The van der Waals surface area contributed by atoms with Gasteiger partial charge < -0.3 is 5.11 Å². The minimum absolute atomic E-state index is 0.114. The van der Waals surface area contributed by atoms with E-state index >= 15 is 0 Å². The summed E-state index contributed by atoms with van der Waals surface area (Å²) in [5, 5.41) is 10.3. The van der Waals surface area contributed by atoms with E-state index in [9.17, 15) is 17.9 Å². The quantitative estimate of drug-likeness (QED) is 0.848. The molecular formula is C12H22FNO3S. The Bertz CT molecular complexity index is 402. The van der Waals surface area contributed by atoms with Crippen LogP contribution in [0.5, 0.6) is 0 Å². The lowest BCUT2D eigenvalue weighted by molar-refractivity contribution is -0.156. The molecule has 0 aromatic heterocycles. The van der Waals surface area contributed by atoms with Gasteiger partial charge in [0.05, 0.1) is 6.10 Å². The summed E-state index contributed by atoms with van der Waals surface area (Å²) < 4.78 is 36.5. The van der Waals surface area contributed by atoms with E-state index in [1.54, 1.807) is 0 Å². The number of hydrogen-bond donors (Lipinski definition) is 1. The van der Waals surface area contributed by atoms with E-state index in [0.717, 1.165) is 6.42 Å². The first-order valence-electron chi connectivity index (χ1n) is 6.54. The SMILES string of the molecule is CC(C)C1CC2(CCN(S(=O)(=O)CF)CC2)C1O. The van der Waals surface area contributed by atoms with Gasteiger partial charge in [0.1, 0.15) is 0 Å². The second-order valence-electron chi connectivity index (χ2n) is 6.04. The van der Waals surface area contributed by atoms with Crippen LogP contribution in [0.15, 0.2) is 0 Å². The molecule has 4 nitrogen and oxygen atoms in total. The first-order chi connectivity index (χ1) is 8.32. The van der Waals surface area contributed by atoms with Crippen LogP contribution in [0, 0.1) is 17.3 Å². The van der Waals surface area contributed by atoms with Crippen molar-refractivity contribution in [2.45, 2.75) is 39.2 Å². The number of alkyl halides is 1. The van der Waals surface area contributed by atoms with Crippen molar-refractivity contribution in [1.29, 1.82) is 0 Å². The van der Waals surface area contributed by atoms with Crippen LogP contribution in [0.2, 0.25) is 0 Å². The summed E-state index contributed by atoms with van der Waals surface area (Å²) in [5.41, 5.74) is -0.114. The smallest absolute Gasteiger partial charge is 0.243 e. The summed E-state index contributed by atoms with van der Waals surface area (Å²) >= 11 is 0. The number of nitrogens with zero attached hydrogens (tertiary/aromatic N) is 1. The van der Waals surface area contributed by atoms with Crippen molar-refractivity contribution in [3.05, 3.63) is 0 Å². The zero-order valence-corrected chi connectivity index (χ0v) is 11.8. The monoisotopic (exact) mass is 279 g/mol. The third kappa shape index (κ3) is 2.18. The molecule has 1 saturated carbocycles. The maximum Gasteiger partial charge on any atom is 0.243 e. The molecule has 1 aliphatic carbocycles. The van der Waals surface area contributed by atoms with Gasteiger partial charge in [-0.15, -0.1) is 0 Å². The highest BCUT2D eigenvalue weighted by Crippen LogP contribution is 2.55. The standard InChI is InChI=1S/C12H22FNO3S/c1-9(2)10-7-12(11(10)15)3-5-14(6-4-12)18(16,17)8-13/h9-11,15H,3-8H2,1-2H3. The lowest BCUT2D eigenvalue weighted by Gasteiger charge is -2.57. The van der Waals surface area contributed by atoms with E-state index in [1.807, 2.05) is 0 Å². The van der Waals surface area contributed by atoms with Gasteiger partial charge in [-0.2, -0.15) is 4.31 Å². The van der Waals surface area contributed by atoms with E-state index in [1.165, 1.54) is 4.31 Å². The van der Waals surface area contributed by atoms with Crippen molar-refractivity contribution in [3.63, 3.8) is 0 Å². The highest BCUT2D eigenvalue weighted by Gasteiger charge is 2.55. The fourth-order valence-corrected chi connectivity index (χ4v) is 4.25. The van der Waals surface area contributed by atoms with Gasteiger partial charge in [0.2, 0.25) is 16.0 Å². The van der Waals surface area contributed by atoms with Gasteiger partial charge in [-0.25, -0.2) is 12.8 Å². The maximum atomic E-state index is 12.4. The Kier molecular flexibility index (Phi) is 3.73. The highest BCUT2D eigenvalue weighted by molar-refractivity contribution is 7.88. The molecular weight excluding hydrogens is 257 g/mol. The van der Waals surface area contributed by atoms with Crippen molar-refractivity contribution in [3.8, 4) is 0 Å². The van der Waals surface area contributed by atoms with Gasteiger partial charge in [0.25, 0.3) is 0 Å². The molecule has 0 aromatic carbocycles. The molecule has 18 heavy (non-hydrogen) atoms. The molecule has 106 valence electrons. The second kappa shape index (κ2) is 4.72. The van der Waals surface area contributed by atoms with Gasteiger partial charge in [-0.1, -0.05) is 13.8 Å². The number of sulfonamides is 1. The largest absolute Gasteiger partial charge is 0.392 e. The Morgan fingerprint density at radius 1 is 1.39 bits per heavy atom. The molecule has 2 unspecified atom stereocenters. The molecule has 1 heterocycles. The van der Waals surface area contributed by atoms with Gasteiger partial charge >= 0.3 is 0 Å². The van der Waals surface area contributed by atoms with E-state index < -0.39 is 16.0 Å². The molecule has 0 aromatic rings. The van der Waals surface area contributed by atoms with Crippen LogP contribution in [0.3, 0.4) is 0 Å². The van der Waals surface area contributed by atoms with Crippen LogP contribution >= 0.6 is 0 Å². The van der Waals surface area contributed by atoms with Crippen LogP contribution in [-0.2, 0) is 10.0 Å². The van der Waals surface area contributed by atoms with Gasteiger partial charge in [0, 0.05) is 13.1 Å². The molecule has 2 fully saturated rings. The third-order valence-electron chi connectivity index (χ3n) is 4.78. The summed E-state index contributed by atoms with van der Waals surface area (Å²) in [5.74, 6) is 0.785. The molecule has 2 atom stereocenters. The van der Waals surface area contributed by atoms with Crippen molar-refractivity contribution < 1.29 is 17.9 Å². The summed E-state index contributed by atoms with van der Waals surface area (Å²) in [6, 6.07) is -1.32. The normalized spacial score (nSPS) is 32.7. The number of rotatable bonds is 3. The average molecular weight is 279 g/mol. The van der Waals surface area contributed by atoms with Gasteiger partial charge in [-0.05, 0) is 36.5 Å². The molecule has 0 amide bonds. The number of halogens is 1. The van der Waals surface area contributed by atoms with Crippen molar-refractivity contribution >= 4 is 10.0 Å². The van der Waals surface area contributed by atoms with Crippen molar-refractivity contribution in [1.82, 2.24) is 4.31 Å². The molecule has 2 rings (SSSR count). The van der Waals surface area contributed by atoms with Crippen LogP contribution in [0.4, 0.5) is 4.39 Å². The average Bonchev–Trinajstić information content (AvgIpc) is 2.35. The lowest BCUT2D eigenvalue weighted by Crippen LogP contribution is -2.59. The minimum Gasteiger partial charge on any atom is -0.392 e. The zero-order valence-electron chi connectivity index (χ0n) is 11.0.